The lowest BCUT2D eigenvalue weighted by atomic mass is 9.95. The Bertz CT molecular complexity index is 1710. The van der Waals surface area contributed by atoms with Gasteiger partial charge in [0, 0.05) is 12.6 Å². The zero-order chi connectivity index (χ0) is 33.2. The maximum atomic E-state index is 14.4. The highest BCUT2D eigenvalue weighted by molar-refractivity contribution is 7.92. The molecule has 0 aromatic heterocycles. The van der Waals surface area contributed by atoms with E-state index in [1.807, 2.05) is 74.5 Å². The Morgan fingerprint density at radius 2 is 1.40 bits per heavy atom. The van der Waals surface area contributed by atoms with E-state index in [4.69, 9.17) is 4.74 Å². The highest BCUT2D eigenvalue weighted by Crippen LogP contribution is 2.29. The van der Waals surface area contributed by atoms with Crippen LogP contribution in [0.1, 0.15) is 56.6 Å². The Morgan fingerprint density at radius 1 is 0.809 bits per heavy atom. The summed E-state index contributed by atoms with van der Waals surface area (Å²) in [5.41, 5.74) is 2.07. The van der Waals surface area contributed by atoms with E-state index in [0.29, 0.717) is 23.6 Å². The van der Waals surface area contributed by atoms with Gasteiger partial charge in [-0.1, -0.05) is 92.4 Å². The molecule has 0 radical (unpaired) electrons. The maximum absolute atomic E-state index is 14.4. The summed E-state index contributed by atoms with van der Waals surface area (Å²) in [7, 11) is -4.17. The van der Waals surface area contributed by atoms with Gasteiger partial charge in [0.25, 0.3) is 10.0 Å². The molecule has 1 aliphatic carbocycles. The molecule has 2 amide bonds. The molecule has 0 saturated heterocycles. The lowest BCUT2D eigenvalue weighted by Crippen LogP contribution is -2.54. The molecule has 1 N–H and O–H groups in total. The summed E-state index contributed by atoms with van der Waals surface area (Å²) in [6.07, 6.45) is 5.51. The molecule has 9 heteroatoms. The SMILES string of the molecule is CC[C@H](C(=O)NC1CCCCC1)N(Cc1ccccc1)C(=O)CN(c1ccc(Oc2ccccc2)cc1)S(=O)(=O)c1ccc(C)cc1. The minimum absolute atomic E-state index is 0.0669. The standard InChI is InChI=1S/C38H43N3O5S/c1-3-36(38(43)39-31-15-9-5-10-16-31)40(27-30-13-7-4-8-14-30)37(42)28-41(47(44,45)35-25-19-29(2)20-26-35)32-21-23-34(24-22-32)46-33-17-11-6-12-18-33/h4,6-8,11-14,17-26,31,36H,3,5,9-10,15-16,27-28H2,1-2H3,(H,39,43)/t36-/m1/s1. The average Bonchev–Trinajstić information content (AvgIpc) is 3.09. The zero-order valence-corrected chi connectivity index (χ0v) is 27.9. The average molecular weight is 654 g/mol. The topological polar surface area (TPSA) is 96.0 Å². The number of carbonyl (C=O) groups excluding carboxylic acids is 2. The van der Waals surface area contributed by atoms with Crippen molar-refractivity contribution in [2.75, 3.05) is 10.8 Å². The minimum Gasteiger partial charge on any atom is -0.457 e. The molecule has 246 valence electrons. The molecule has 0 heterocycles. The van der Waals surface area contributed by atoms with Crippen LogP contribution in [-0.2, 0) is 26.2 Å². The van der Waals surface area contributed by atoms with E-state index >= 15 is 0 Å². The molecule has 5 rings (SSSR count). The van der Waals surface area contributed by atoms with Gasteiger partial charge in [-0.3, -0.25) is 13.9 Å². The number of amides is 2. The molecule has 4 aromatic rings. The van der Waals surface area contributed by atoms with Crippen LogP contribution in [0.5, 0.6) is 11.5 Å². The number of anilines is 1. The fourth-order valence-corrected chi connectivity index (χ4v) is 7.33. The van der Waals surface area contributed by atoms with Crippen molar-refractivity contribution in [1.82, 2.24) is 10.2 Å². The summed E-state index contributed by atoms with van der Waals surface area (Å²) in [6.45, 7) is 3.43. The molecule has 0 spiro atoms. The second-order valence-corrected chi connectivity index (χ2v) is 13.9. The van der Waals surface area contributed by atoms with Gasteiger partial charge in [-0.25, -0.2) is 8.42 Å². The van der Waals surface area contributed by atoms with Crippen LogP contribution in [0.25, 0.3) is 0 Å². The monoisotopic (exact) mass is 653 g/mol. The number of sulfonamides is 1. The fraction of sp³-hybridized carbons (Fsp3) is 0.316. The first-order valence-electron chi connectivity index (χ1n) is 16.3. The van der Waals surface area contributed by atoms with Crippen LogP contribution in [0.2, 0.25) is 0 Å². The highest BCUT2D eigenvalue weighted by Gasteiger charge is 2.34. The van der Waals surface area contributed by atoms with E-state index in [2.05, 4.69) is 5.32 Å². The lowest BCUT2D eigenvalue weighted by molar-refractivity contribution is -0.140. The minimum atomic E-state index is -4.17. The summed E-state index contributed by atoms with van der Waals surface area (Å²) in [4.78, 5) is 29.7. The summed E-state index contributed by atoms with van der Waals surface area (Å²) in [5.74, 6) is 0.488. The number of hydrogen-bond acceptors (Lipinski definition) is 5. The van der Waals surface area contributed by atoms with Crippen LogP contribution in [0.4, 0.5) is 5.69 Å². The summed E-state index contributed by atoms with van der Waals surface area (Å²) in [6, 6.07) is 31.2. The molecule has 47 heavy (non-hydrogen) atoms. The van der Waals surface area contributed by atoms with E-state index in [1.165, 1.54) is 4.90 Å². The highest BCUT2D eigenvalue weighted by atomic mass is 32.2. The third-order valence-corrected chi connectivity index (χ3v) is 10.3. The van der Waals surface area contributed by atoms with E-state index in [-0.39, 0.29) is 23.4 Å². The van der Waals surface area contributed by atoms with Crippen LogP contribution < -0.4 is 14.4 Å². The molecule has 1 saturated carbocycles. The number of carbonyl (C=O) groups is 2. The molecule has 0 aliphatic heterocycles. The molecule has 4 aromatic carbocycles. The van der Waals surface area contributed by atoms with Crippen LogP contribution in [0.3, 0.4) is 0 Å². The number of hydrogen-bond donors (Lipinski definition) is 1. The van der Waals surface area contributed by atoms with Crippen LogP contribution in [0.15, 0.2) is 114 Å². The number of rotatable bonds is 13. The van der Waals surface area contributed by atoms with E-state index < -0.39 is 28.5 Å². The lowest BCUT2D eigenvalue weighted by Gasteiger charge is -2.34. The molecule has 1 fully saturated rings. The van der Waals surface area contributed by atoms with Crippen LogP contribution >= 0.6 is 0 Å². The number of benzene rings is 4. The Morgan fingerprint density at radius 3 is 2.02 bits per heavy atom. The molecule has 0 bridgehead atoms. The third kappa shape index (κ3) is 8.80. The number of aryl methyl sites for hydroxylation is 1. The molecular weight excluding hydrogens is 611 g/mol. The number of nitrogens with one attached hydrogen (secondary N) is 1. The summed E-state index contributed by atoms with van der Waals surface area (Å²) < 4.78 is 35.5. The Kier molecular flexibility index (Phi) is 11.3. The molecular formula is C38H43N3O5S. The number of para-hydroxylation sites is 1. The van der Waals surface area contributed by atoms with Crippen molar-refractivity contribution >= 4 is 27.5 Å². The van der Waals surface area contributed by atoms with Crippen molar-refractivity contribution in [1.29, 1.82) is 0 Å². The second kappa shape index (κ2) is 15.8. The normalized spacial score (nSPS) is 14.2. The van der Waals surface area contributed by atoms with Crippen molar-refractivity contribution < 1.29 is 22.7 Å². The molecule has 1 atom stereocenters. The predicted molar refractivity (Wildman–Crippen MR) is 185 cm³/mol. The maximum Gasteiger partial charge on any atom is 0.264 e. The van der Waals surface area contributed by atoms with Gasteiger partial charge in [-0.15, -0.1) is 0 Å². The van der Waals surface area contributed by atoms with Crippen molar-refractivity contribution in [2.24, 2.45) is 0 Å². The van der Waals surface area contributed by atoms with E-state index in [1.54, 1.807) is 48.5 Å². The predicted octanol–water partition coefficient (Wildman–Crippen LogP) is 7.24. The van der Waals surface area contributed by atoms with Gasteiger partial charge in [0.2, 0.25) is 11.8 Å². The van der Waals surface area contributed by atoms with Gasteiger partial charge < -0.3 is 15.0 Å². The van der Waals surface area contributed by atoms with Crippen molar-refractivity contribution in [3.8, 4) is 11.5 Å². The fourth-order valence-electron chi connectivity index (χ4n) is 5.92. The molecule has 0 unspecified atom stereocenters. The van der Waals surface area contributed by atoms with Crippen molar-refractivity contribution in [3.05, 3.63) is 120 Å². The van der Waals surface area contributed by atoms with E-state index in [9.17, 15) is 18.0 Å². The first-order chi connectivity index (χ1) is 22.7. The van der Waals surface area contributed by atoms with Gasteiger partial charge in [0.05, 0.1) is 10.6 Å². The van der Waals surface area contributed by atoms with Gasteiger partial charge in [-0.2, -0.15) is 0 Å². The number of ether oxygens (including phenoxy) is 1. The Labute approximate surface area is 278 Å². The van der Waals surface area contributed by atoms with Crippen molar-refractivity contribution in [2.45, 2.75) is 75.9 Å². The van der Waals surface area contributed by atoms with E-state index in [0.717, 1.165) is 47.5 Å². The van der Waals surface area contributed by atoms with Gasteiger partial charge in [-0.05, 0) is 80.3 Å². The Hall–Kier alpha value is -4.63. The smallest absolute Gasteiger partial charge is 0.264 e. The van der Waals surface area contributed by atoms with Crippen LogP contribution in [0, 0.1) is 6.92 Å². The Balaban J connectivity index is 1.47. The first-order valence-corrected chi connectivity index (χ1v) is 17.7. The summed E-state index contributed by atoms with van der Waals surface area (Å²) >= 11 is 0. The first kappa shape index (κ1) is 33.7. The zero-order valence-electron chi connectivity index (χ0n) is 27.0. The molecule has 8 nitrogen and oxygen atoms in total. The quantitative estimate of drug-likeness (QED) is 0.164. The van der Waals surface area contributed by atoms with Gasteiger partial charge in [0.1, 0.15) is 24.1 Å². The molecule has 1 aliphatic rings. The largest absolute Gasteiger partial charge is 0.457 e. The second-order valence-electron chi connectivity index (χ2n) is 12.0. The van der Waals surface area contributed by atoms with Gasteiger partial charge in [0.15, 0.2) is 0 Å². The third-order valence-electron chi connectivity index (χ3n) is 8.52. The summed E-state index contributed by atoms with van der Waals surface area (Å²) in [5, 5.41) is 3.18. The van der Waals surface area contributed by atoms with Crippen molar-refractivity contribution in [3.63, 3.8) is 0 Å². The van der Waals surface area contributed by atoms with Crippen LogP contribution in [-0.4, -0.2) is 43.8 Å². The number of nitrogens with zero attached hydrogens (tertiary/aromatic N) is 2. The van der Waals surface area contributed by atoms with Gasteiger partial charge >= 0.3 is 0 Å².